The van der Waals surface area contributed by atoms with E-state index in [0.717, 1.165) is 44.8 Å². The van der Waals surface area contributed by atoms with Crippen LogP contribution < -0.4 is 10.6 Å². The van der Waals surface area contributed by atoms with Crippen LogP contribution in [0.15, 0.2) is 86.9 Å². The van der Waals surface area contributed by atoms with E-state index < -0.39 is 0 Å². The van der Waals surface area contributed by atoms with Crippen molar-refractivity contribution >= 4 is 41.6 Å². The molecule has 0 bridgehead atoms. The predicted octanol–water partition coefficient (Wildman–Crippen LogP) is 4.98. The molecule has 1 aromatic rings. The number of rotatable bonds is 11. The van der Waals surface area contributed by atoms with Crippen molar-refractivity contribution in [2.45, 2.75) is 53.4 Å². The third kappa shape index (κ3) is 7.22. The number of amides is 2. The normalized spacial score (nSPS) is 18.7. The number of carbonyl (C=O) groups excluding carboxylic acids is 4. The standard InChI is InChI=1S/C35H38N4O6.Mn/c1-9-22-21(6)34(42)39-29(22)16-27-20(5)25(12-14-33(41)45-8)31(37-27)17-30-24(11-13-32(40)44-7)19(4)26(36-30)15-28-18(3)23(10-2)35(43)38-28;/h9-10,15-17,37H,1-2,11-14H2,3-8H3,(H,38,43)(H,39,42);/b28-15-,29-16-,30-17-;. The minimum Gasteiger partial charge on any atom is -0.469 e. The largest absolute Gasteiger partial charge is 0.469 e. The maximum absolute atomic E-state index is 12.4. The van der Waals surface area contributed by atoms with Crippen molar-refractivity contribution in [3.05, 3.63) is 104 Å². The minimum atomic E-state index is -0.345. The second-order valence-electron chi connectivity index (χ2n) is 10.8. The Balaban J connectivity index is 0.00000576. The molecule has 46 heavy (non-hydrogen) atoms. The third-order valence-corrected chi connectivity index (χ3v) is 8.29. The number of aromatic amines is 1. The summed E-state index contributed by atoms with van der Waals surface area (Å²) in [5.41, 5.74) is 10.1. The van der Waals surface area contributed by atoms with Crippen molar-refractivity contribution < 1.29 is 45.7 Å². The third-order valence-electron chi connectivity index (χ3n) is 8.29. The molecule has 0 aliphatic carbocycles. The van der Waals surface area contributed by atoms with Crippen molar-refractivity contribution in [3.63, 3.8) is 0 Å². The van der Waals surface area contributed by atoms with Gasteiger partial charge in [0.15, 0.2) is 0 Å². The summed E-state index contributed by atoms with van der Waals surface area (Å²) in [6.07, 6.45) is 9.84. The fourth-order valence-corrected chi connectivity index (χ4v) is 5.52. The summed E-state index contributed by atoms with van der Waals surface area (Å²) in [6, 6.07) is 0. The molecule has 0 aromatic carbocycles. The van der Waals surface area contributed by atoms with Gasteiger partial charge >= 0.3 is 11.9 Å². The Kier molecular flexibility index (Phi) is 11.7. The zero-order valence-electron chi connectivity index (χ0n) is 26.9. The predicted molar refractivity (Wildman–Crippen MR) is 173 cm³/mol. The van der Waals surface area contributed by atoms with Gasteiger partial charge in [-0.05, 0) is 86.6 Å². The van der Waals surface area contributed by atoms with Crippen LogP contribution in [0, 0.1) is 6.92 Å². The first-order chi connectivity index (χ1) is 21.4. The van der Waals surface area contributed by atoms with Crippen molar-refractivity contribution in [2.24, 2.45) is 4.99 Å². The molecule has 10 nitrogen and oxygen atoms in total. The van der Waals surface area contributed by atoms with Gasteiger partial charge in [0.2, 0.25) is 0 Å². The van der Waals surface area contributed by atoms with Crippen molar-refractivity contribution in [1.29, 1.82) is 0 Å². The van der Waals surface area contributed by atoms with Crippen LogP contribution in [-0.2, 0) is 52.1 Å². The smallest absolute Gasteiger partial charge is 0.305 e. The van der Waals surface area contributed by atoms with E-state index in [9.17, 15) is 19.2 Å². The van der Waals surface area contributed by atoms with Crippen LogP contribution in [0.3, 0.4) is 0 Å². The average molecular weight is 666 g/mol. The van der Waals surface area contributed by atoms with E-state index in [2.05, 4.69) is 28.8 Å². The first kappa shape index (κ1) is 35.7. The Morgan fingerprint density at radius 2 is 1.37 bits per heavy atom. The average Bonchev–Trinajstić information content (AvgIpc) is 3.66. The van der Waals surface area contributed by atoms with Crippen molar-refractivity contribution in [2.75, 3.05) is 14.2 Å². The molecule has 11 heteroatoms. The van der Waals surface area contributed by atoms with Gasteiger partial charge in [-0.25, -0.2) is 4.99 Å². The fourth-order valence-electron chi connectivity index (χ4n) is 5.52. The molecule has 0 spiro atoms. The number of H-pyrrole nitrogens is 1. The molecule has 4 heterocycles. The molecule has 4 rings (SSSR count). The summed E-state index contributed by atoms with van der Waals surface area (Å²) < 4.78 is 9.79. The summed E-state index contributed by atoms with van der Waals surface area (Å²) in [4.78, 5) is 57.4. The quantitative estimate of drug-likeness (QED) is 0.225. The molecule has 0 saturated heterocycles. The summed E-state index contributed by atoms with van der Waals surface area (Å²) in [5.74, 6) is -1.09. The van der Waals surface area contributed by atoms with Crippen molar-refractivity contribution in [3.8, 4) is 0 Å². The maximum atomic E-state index is 12.4. The zero-order chi connectivity index (χ0) is 33.0. The molecule has 3 N–H and O–H groups in total. The maximum Gasteiger partial charge on any atom is 0.305 e. The minimum absolute atomic E-state index is 0. The van der Waals surface area contributed by atoms with Gasteiger partial charge in [-0.1, -0.05) is 25.3 Å². The Morgan fingerprint density at radius 3 is 1.96 bits per heavy atom. The number of nitrogens with zero attached hydrogens (tertiary/aromatic N) is 1. The number of hydrogen-bond acceptors (Lipinski definition) is 7. The number of esters is 2. The van der Waals surface area contributed by atoms with Gasteiger partial charge in [0.1, 0.15) is 0 Å². The van der Waals surface area contributed by atoms with Crippen LogP contribution >= 0.6 is 0 Å². The van der Waals surface area contributed by atoms with Crippen LogP contribution in [0.25, 0.3) is 12.2 Å². The Bertz CT molecular complexity index is 1760. The monoisotopic (exact) mass is 665 g/mol. The molecular formula is C35H38MnN4O6. The molecule has 0 fully saturated rings. The molecule has 0 saturated carbocycles. The first-order valence-electron chi connectivity index (χ1n) is 14.5. The first-order valence-corrected chi connectivity index (χ1v) is 14.5. The number of ether oxygens (including phenoxy) is 2. The number of carbonyl (C=O) groups is 4. The zero-order valence-corrected chi connectivity index (χ0v) is 28.1. The van der Waals surface area contributed by atoms with Gasteiger partial charge < -0.3 is 25.1 Å². The Hall–Kier alpha value is -4.73. The Labute approximate surface area is 279 Å². The summed E-state index contributed by atoms with van der Waals surface area (Å²) in [7, 11) is 2.70. The van der Waals surface area contributed by atoms with E-state index in [0.29, 0.717) is 46.8 Å². The van der Waals surface area contributed by atoms with E-state index in [1.807, 2.05) is 39.0 Å². The molecule has 1 radical (unpaired) electrons. The van der Waals surface area contributed by atoms with Crippen LogP contribution in [0.2, 0.25) is 0 Å². The van der Waals surface area contributed by atoms with Crippen molar-refractivity contribution in [1.82, 2.24) is 15.6 Å². The number of methoxy groups -OCH3 is 2. The summed E-state index contributed by atoms with van der Waals surface area (Å²) >= 11 is 0. The summed E-state index contributed by atoms with van der Waals surface area (Å²) in [6.45, 7) is 15.1. The van der Waals surface area contributed by atoms with Gasteiger partial charge in [0, 0.05) is 63.7 Å². The number of aromatic nitrogens is 1. The van der Waals surface area contributed by atoms with Crippen LogP contribution in [0.5, 0.6) is 0 Å². The number of nitrogens with one attached hydrogen (secondary N) is 3. The van der Waals surface area contributed by atoms with Gasteiger partial charge in [-0.3, -0.25) is 19.2 Å². The van der Waals surface area contributed by atoms with E-state index in [4.69, 9.17) is 14.5 Å². The molecule has 3 aliphatic rings. The van der Waals surface area contributed by atoms with E-state index in [1.165, 1.54) is 20.3 Å². The number of allylic oxidation sites excluding steroid dienone is 5. The van der Waals surface area contributed by atoms with Gasteiger partial charge in [0.05, 0.1) is 31.3 Å². The van der Waals surface area contributed by atoms with Gasteiger partial charge in [0.25, 0.3) is 11.8 Å². The number of hydrogen-bond donors (Lipinski definition) is 3. The van der Waals surface area contributed by atoms with Crippen LogP contribution in [0.1, 0.15) is 62.5 Å². The van der Waals surface area contributed by atoms with E-state index in [1.54, 1.807) is 13.0 Å². The van der Waals surface area contributed by atoms with Crippen LogP contribution in [0.4, 0.5) is 0 Å². The summed E-state index contributed by atoms with van der Waals surface area (Å²) in [5, 5.41) is 5.76. The topological polar surface area (TPSA) is 139 Å². The van der Waals surface area contributed by atoms with E-state index >= 15 is 0 Å². The van der Waals surface area contributed by atoms with Crippen LogP contribution in [-0.4, -0.2) is 48.7 Å². The molecular weight excluding hydrogens is 627 g/mol. The molecule has 0 unspecified atom stereocenters. The molecule has 2 amide bonds. The molecule has 241 valence electrons. The second kappa shape index (κ2) is 15.0. The van der Waals surface area contributed by atoms with Gasteiger partial charge in [-0.15, -0.1) is 0 Å². The molecule has 3 aliphatic heterocycles. The molecule has 1 aromatic heterocycles. The van der Waals surface area contributed by atoms with E-state index in [-0.39, 0.29) is 53.7 Å². The second-order valence-corrected chi connectivity index (χ2v) is 10.8. The number of aliphatic imine (C=N–C) groups is 1. The van der Waals surface area contributed by atoms with Gasteiger partial charge in [-0.2, -0.15) is 0 Å². The Morgan fingerprint density at radius 1 is 0.761 bits per heavy atom. The SMILES string of the molecule is C=CC1=C(C)/C(=C/C2=NC(=C\c3[nH]c(/C=C4\NC(=O)C(C)=C4C=C)c(C)c3CCC(=O)OC)/C(CCC(=O)OC)=C2C)NC1=O.[Mn]. The molecule has 0 atom stereocenters. The fraction of sp³-hybridized carbons (Fsp3) is 0.286.